The fourth-order valence-corrected chi connectivity index (χ4v) is 2.09. The Kier molecular flexibility index (Phi) is 3.64. The second kappa shape index (κ2) is 5.19. The van der Waals surface area contributed by atoms with E-state index in [-0.39, 0.29) is 5.91 Å². The molecule has 0 atom stereocenters. The fourth-order valence-electron chi connectivity index (χ4n) is 2.09. The largest absolute Gasteiger partial charge is 0.399 e. The number of anilines is 2. The van der Waals surface area contributed by atoms with Crippen LogP contribution in [0.1, 0.15) is 25.3 Å². The highest BCUT2D eigenvalue weighted by molar-refractivity contribution is 5.94. The van der Waals surface area contributed by atoms with Crippen molar-refractivity contribution in [3.8, 4) is 0 Å². The van der Waals surface area contributed by atoms with Gasteiger partial charge in [0.25, 0.3) is 0 Å². The molecule has 2 N–H and O–H groups in total. The third-order valence-electron chi connectivity index (χ3n) is 2.96. The van der Waals surface area contributed by atoms with Crippen molar-refractivity contribution in [1.29, 1.82) is 0 Å². The molecule has 1 aromatic rings. The van der Waals surface area contributed by atoms with Crippen molar-refractivity contribution in [3.63, 3.8) is 0 Å². The Morgan fingerprint density at radius 1 is 1.41 bits per heavy atom. The number of fused-ring (bicyclic) bond motifs is 1. The minimum Gasteiger partial charge on any atom is -0.399 e. The molecule has 0 fully saturated rings. The summed E-state index contributed by atoms with van der Waals surface area (Å²) in [6.45, 7) is 2.85. The van der Waals surface area contributed by atoms with Gasteiger partial charge in [0.1, 0.15) is 6.73 Å². The fraction of sp³-hybridized carbons (Fsp3) is 0.462. The summed E-state index contributed by atoms with van der Waals surface area (Å²) in [5.74, 6) is 0.127. The van der Waals surface area contributed by atoms with Crippen molar-refractivity contribution in [2.45, 2.75) is 26.2 Å². The van der Waals surface area contributed by atoms with Crippen LogP contribution in [0, 0.1) is 0 Å². The monoisotopic (exact) mass is 234 g/mol. The second-order valence-corrected chi connectivity index (χ2v) is 4.19. The lowest BCUT2D eigenvalue weighted by Crippen LogP contribution is -2.32. The van der Waals surface area contributed by atoms with Gasteiger partial charge in [-0.1, -0.05) is 0 Å². The number of hydrogen-bond donors (Lipinski definition) is 1. The number of aryl methyl sites for hydroxylation is 1. The van der Waals surface area contributed by atoms with Crippen molar-refractivity contribution >= 4 is 17.3 Å². The summed E-state index contributed by atoms with van der Waals surface area (Å²) in [4.78, 5) is 13.7. The lowest BCUT2D eigenvalue weighted by atomic mass is 10.1. The molecule has 92 valence electrons. The zero-order chi connectivity index (χ0) is 12.3. The molecular formula is C13H18N2O2. The van der Waals surface area contributed by atoms with E-state index < -0.39 is 0 Å². The standard InChI is InChI=1S/C13H18N2O2/c1-2-17-9-15-12-7-6-11(14)8-10(12)4-3-5-13(15)16/h6-8H,2-5,9,14H2,1H3. The van der Waals surface area contributed by atoms with Crippen molar-refractivity contribution in [2.75, 3.05) is 24.0 Å². The van der Waals surface area contributed by atoms with Crippen LogP contribution in [0.15, 0.2) is 18.2 Å². The Labute approximate surface area is 101 Å². The molecule has 0 aliphatic carbocycles. The Morgan fingerprint density at radius 3 is 3.00 bits per heavy atom. The zero-order valence-electron chi connectivity index (χ0n) is 10.1. The van der Waals surface area contributed by atoms with Crippen LogP contribution in [0.5, 0.6) is 0 Å². The number of nitrogen functional groups attached to an aromatic ring is 1. The van der Waals surface area contributed by atoms with Gasteiger partial charge in [0, 0.05) is 24.4 Å². The number of nitrogens with zero attached hydrogens (tertiary/aromatic N) is 1. The first-order chi connectivity index (χ1) is 8.22. The van der Waals surface area contributed by atoms with E-state index in [1.807, 2.05) is 25.1 Å². The number of benzene rings is 1. The highest BCUT2D eigenvalue weighted by Gasteiger charge is 2.21. The molecule has 2 rings (SSSR count). The van der Waals surface area contributed by atoms with Crippen LogP contribution >= 0.6 is 0 Å². The van der Waals surface area contributed by atoms with Crippen LogP contribution in [0.2, 0.25) is 0 Å². The number of nitrogens with two attached hydrogens (primary N) is 1. The Morgan fingerprint density at radius 2 is 2.24 bits per heavy atom. The van der Waals surface area contributed by atoms with Gasteiger partial charge in [0.05, 0.1) is 0 Å². The summed E-state index contributed by atoms with van der Waals surface area (Å²) >= 11 is 0. The van der Waals surface area contributed by atoms with E-state index >= 15 is 0 Å². The van der Waals surface area contributed by atoms with Crippen LogP contribution in [-0.2, 0) is 16.0 Å². The molecule has 4 heteroatoms. The average Bonchev–Trinajstić information content (AvgIpc) is 2.45. The maximum absolute atomic E-state index is 12.0. The lowest BCUT2D eigenvalue weighted by molar-refractivity contribution is -0.119. The number of amides is 1. The summed E-state index contributed by atoms with van der Waals surface area (Å²) in [5.41, 5.74) is 8.60. The van der Waals surface area contributed by atoms with Crippen molar-refractivity contribution < 1.29 is 9.53 Å². The maximum Gasteiger partial charge on any atom is 0.228 e. The van der Waals surface area contributed by atoms with Crippen LogP contribution in [0.3, 0.4) is 0 Å². The van der Waals surface area contributed by atoms with Gasteiger partial charge in [-0.15, -0.1) is 0 Å². The van der Waals surface area contributed by atoms with Gasteiger partial charge in [-0.05, 0) is 43.5 Å². The molecule has 1 heterocycles. The second-order valence-electron chi connectivity index (χ2n) is 4.19. The topological polar surface area (TPSA) is 55.6 Å². The van der Waals surface area contributed by atoms with E-state index in [0.29, 0.717) is 19.8 Å². The molecule has 0 saturated carbocycles. The van der Waals surface area contributed by atoms with Crippen molar-refractivity contribution in [2.24, 2.45) is 0 Å². The first-order valence-electron chi connectivity index (χ1n) is 5.99. The third-order valence-corrected chi connectivity index (χ3v) is 2.96. The molecule has 4 nitrogen and oxygen atoms in total. The number of ether oxygens (including phenoxy) is 1. The molecule has 1 aliphatic heterocycles. The van der Waals surface area contributed by atoms with Gasteiger partial charge in [-0.2, -0.15) is 0 Å². The summed E-state index contributed by atoms with van der Waals surface area (Å²) in [5, 5.41) is 0. The van der Waals surface area contributed by atoms with Gasteiger partial charge in [0.15, 0.2) is 0 Å². The molecule has 0 unspecified atom stereocenters. The lowest BCUT2D eigenvalue weighted by Gasteiger charge is -2.22. The van der Waals surface area contributed by atoms with E-state index in [4.69, 9.17) is 10.5 Å². The van der Waals surface area contributed by atoms with E-state index in [1.54, 1.807) is 4.90 Å². The highest BCUT2D eigenvalue weighted by atomic mass is 16.5. The molecule has 1 aromatic carbocycles. The number of rotatable bonds is 3. The minimum atomic E-state index is 0.127. The van der Waals surface area contributed by atoms with Crippen LogP contribution < -0.4 is 10.6 Å². The number of carbonyl (C=O) groups is 1. The summed E-state index contributed by atoms with van der Waals surface area (Å²) in [6, 6.07) is 5.69. The zero-order valence-corrected chi connectivity index (χ0v) is 10.1. The van der Waals surface area contributed by atoms with Gasteiger partial charge in [-0.25, -0.2) is 0 Å². The van der Waals surface area contributed by atoms with Crippen molar-refractivity contribution in [1.82, 2.24) is 0 Å². The molecule has 0 bridgehead atoms. The molecule has 0 saturated heterocycles. The molecule has 1 aliphatic rings. The quantitative estimate of drug-likeness (QED) is 0.813. The van der Waals surface area contributed by atoms with Crippen molar-refractivity contribution in [3.05, 3.63) is 23.8 Å². The van der Waals surface area contributed by atoms with Gasteiger partial charge in [-0.3, -0.25) is 9.69 Å². The van der Waals surface area contributed by atoms with Gasteiger partial charge < -0.3 is 10.5 Å². The summed E-state index contributed by atoms with van der Waals surface area (Å²) < 4.78 is 5.36. The normalized spacial score (nSPS) is 15.6. The average molecular weight is 234 g/mol. The Balaban J connectivity index is 2.33. The summed E-state index contributed by atoms with van der Waals surface area (Å²) in [6.07, 6.45) is 2.34. The first-order valence-corrected chi connectivity index (χ1v) is 5.99. The van der Waals surface area contributed by atoms with Crippen LogP contribution in [-0.4, -0.2) is 19.2 Å². The smallest absolute Gasteiger partial charge is 0.228 e. The van der Waals surface area contributed by atoms with E-state index in [1.165, 1.54) is 0 Å². The van der Waals surface area contributed by atoms with Crippen LogP contribution in [0.25, 0.3) is 0 Å². The Hall–Kier alpha value is -1.55. The summed E-state index contributed by atoms with van der Waals surface area (Å²) in [7, 11) is 0. The highest BCUT2D eigenvalue weighted by Crippen LogP contribution is 2.28. The minimum absolute atomic E-state index is 0.127. The van der Waals surface area contributed by atoms with E-state index in [0.717, 1.165) is 29.8 Å². The number of carbonyl (C=O) groups excluding carboxylic acids is 1. The SMILES string of the molecule is CCOCN1C(=O)CCCc2cc(N)ccc21. The van der Waals surface area contributed by atoms with Crippen LogP contribution in [0.4, 0.5) is 11.4 Å². The maximum atomic E-state index is 12.0. The van der Waals surface area contributed by atoms with E-state index in [9.17, 15) is 4.79 Å². The molecule has 17 heavy (non-hydrogen) atoms. The predicted octanol–water partition coefficient (Wildman–Crippen LogP) is 1.93. The third kappa shape index (κ3) is 2.58. The van der Waals surface area contributed by atoms with Gasteiger partial charge >= 0.3 is 0 Å². The first kappa shape index (κ1) is 11.9. The molecule has 0 aromatic heterocycles. The number of hydrogen-bond acceptors (Lipinski definition) is 3. The molecule has 1 amide bonds. The predicted molar refractivity (Wildman–Crippen MR) is 67.8 cm³/mol. The molecule has 0 radical (unpaired) electrons. The molecular weight excluding hydrogens is 216 g/mol. The van der Waals surface area contributed by atoms with E-state index in [2.05, 4.69) is 0 Å². The van der Waals surface area contributed by atoms with Gasteiger partial charge in [0.2, 0.25) is 5.91 Å². The molecule has 0 spiro atoms. The Bertz CT molecular complexity index is 418.